The number of imidazole rings is 1. The normalized spacial score (nSPS) is 13.8. The first kappa shape index (κ1) is 22.4. The van der Waals surface area contributed by atoms with Crippen LogP contribution in [0.2, 0.25) is 5.02 Å². The molecule has 180 valence electrons. The summed E-state index contributed by atoms with van der Waals surface area (Å²) in [6.07, 6.45) is 8.94. The minimum absolute atomic E-state index is 0.313. The molecule has 1 saturated heterocycles. The average molecular weight is 500 g/mol. The van der Waals surface area contributed by atoms with Crippen LogP contribution in [0.1, 0.15) is 19.3 Å². The Bertz CT molecular complexity index is 1530. The summed E-state index contributed by atoms with van der Waals surface area (Å²) >= 11 is 6.10. The van der Waals surface area contributed by atoms with E-state index in [1.807, 2.05) is 30.5 Å². The second-order valence-electron chi connectivity index (χ2n) is 8.78. The molecule has 9 heteroatoms. The summed E-state index contributed by atoms with van der Waals surface area (Å²) in [5, 5.41) is 3.75. The van der Waals surface area contributed by atoms with E-state index in [4.69, 9.17) is 16.6 Å². The predicted molar refractivity (Wildman–Crippen MR) is 141 cm³/mol. The van der Waals surface area contributed by atoms with Crippen molar-refractivity contribution in [2.75, 3.05) is 23.3 Å². The Hall–Kier alpha value is -4.04. The van der Waals surface area contributed by atoms with Crippen LogP contribution in [0.15, 0.2) is 67.3 Å². The first-order valence-corrected chi connectivity index (χ1v) is 12.3. The van der Waals surface area contributed by atoms with Crippen LogP contribution in [0, 0.1) is 5.82 Å². The number of fused-ring (bicyclic) bond motifs is 1. The monoisotopic (exact) mass is 499 g/mol. The number of nitrogens with one attached hydrogen (secondary N) is 2. The van der Waals surface area contributed by atoms with Crippen LogP contribution in [0.4, 0.5) is 21.6 Å². The molecule has 4 aromatic heterocycles. The summed E-state index contributed by atoms with van der Waals surface area (Å²) < 4.78 is 14.5. The number of hydrogen-bond donors (Lipinski definition) is 2. The number of aromatic amines is 1. The van der Waals surface area contributed by atoms with Crippen molar-refractivity contribution in [2.45, 2.75) is 19.3 Å². The molecular formula is C27H23ClFN7. The fourth-order valence-electron chi connectivity index (χ4n) is 4.53. The zero-order valence-electron chi connectivity index (χ0n) is 19.4. The Morgan fingerprint density at radius 3 is 2.61 bits per heavy atom. The first-order valence-electron chi connectivity index (χ1n) is 11.9. The topological polar surface area (TPSA) is 82.6 Å². The molecule has 0 spiro atoms. The van der Waals surface area contributed by atoms with Gasteiger partial charge in [0.05, 0.1) is 52.5 Å². The number of aromatic nitrogens is 5. The van der Waals surface area contributed by atoms with Gasteiger partial charge in [0.25, 0.3) is 0 Å². The largest absolute Gasteiger partial charge is 0.370 e. The van der Waals surface area contributed by atoms with Crippen molar-refractivity contribution in [1.29, 1.82) is 0 Å². The van der Waals surface area contributed by atoms with Gasteiger partial charge in [-0.1, -0.05) is 11.6 Å². The van der Waals surface area contributed by atoms with Gasteiger partial charge in [-0.05, 0) is 67.8 Å². The number of rotatable bonds is 5. The Kier molecular flexibility index (Phi) is 5.95. The lowest BCUT2D eigenvalue weighted by Gasteiger charge is -2.28. The molecule has 7 nitrogen and oxygen atoms in total. The third-order valence-corrected chi connectivity index (χ3v) is 6.59. The molecule has 0 radical (unpaired) electrons. The van der Waals surface area contributed by atoms with E-state index in [0.717, 1.165) is 35.8 Å². The molecule has 0 atom stereocenters. The maximum Gasteiger partial charge on any atom is 0.132 e. The molecule has 0 amide bonds. The van der Waals surface area contributed by atoms with Crippen LogP contribution in [0.25, 0.3) is 33.7 Å². The second-order valence-corrected chi connectivity index (χ2v) is 9.22. The van der Waals surface area contributed by atoms with E-state index in [1.165, 1.54) is 37.7 Å². The highest BCUT2D eigenvalue weighted by Crippen LogP contribution is 2.32. The minimum atomic E-state index is -0.402. The maximum absolute atomic E-state index is 14.5. The average Bonchev–Trinajstić information content (AvgIpc) is 3.40. The van der Waals surface area contributed by atoms with Crippen molar-refractivity contribution in [1.82, 2.24) is 24.9 Å². The molecule has 1 aromatic carbocycles. The molecule has 0 saturated carbocycles. The van der Waals surface area contributed by atoms with Crippen molar-refractivity contribution in [3.63, 3.8) is 0 Å². The third-order valence-electron chi connectivity index (χ3n) is 6.36. The number of anilines is 3. The fraction of sp³-hybridized carbons (Fsp3) is 0.185. The summed E-state index contributed by atoms with van der Waals surface area (Å²) in [5.74, 6) is 0.334. The van der Waals surface area contributed by atoms with E-state index in [0.29, 0.717) is 33.2 Å². The van der Waals surface area contributed by atoms with E-state index in [2.05, 4.69) is 36.2 Å². The van der Waals surface area contributed by atoms with Gasteiger partial charge in [-0.15, -0.1) is 0 Å². The van der Waals surface area contributed by atoms with Crippen molar-refractivity contribution in [3.8, 4) is 22.6 Å². The van der Waals surface area contributed by atoms with Crippen molar-refractivity contribution >= 4 is 39.8 Å². The van der Waals surface area contributed by atoms with Gasteiger partial charge in [0.15, 0.2) is 0 Å². The van der Waals surface area contributed by atoms with Gasteiger partial charge in [0, 0.05) is 23.7 Å². The van der Waals surface area contributed by atoms with Gasteiger partial charge >= 0.3 is 0 Å². The van der Waals surface area contributed by atoms with Crippen LogP contribution in [0.3, 0.4) is 0 Å². The van der Waals surface area contributed by atoms with E-state index in [-0.39, 0.29) is 0 Å². The first-order chi connectivity index (χ1) is 17.6. The Morgan fingerprint density at radius 2 is 1.78 bits per heavy atom. The van der Waals surface area contributed by atoms with Gasteiger partial charge in [-0.2, -0.15) is 0 Å². The second kappa shape index (κ2) is 9.54. The molecule has 1 aliphatic rings. The van der Waals surface area contributed by atoms with Crippen molar-refractivity contribution in [2.24, 2.45) is 0 Å². The van der Waals surface area contributed by atoms with Crippen LogP contribution < -0.4 is 10.2 Å². The summed E-state index contributed by atoms with van der Waals surface area (Å²) in [6, 6.07) is 14.1. The SMILES string of the molecule is Fc1ccc(Cl)cc1-c1nc[nH]c1-c1ccc2ncc(Nc3ccc(N4CCCCC4)cn3)cc2n1. The van der Waals surface area contributed by atoms with Crippen LogP contribution in [-0.4, -0.2) is 38.0 Å². The van der Waals surface area contributed by atoms with Gasteiger partial charge in [-0.3, -0.25) is 4.98 Å². The zero-order chi connectivity index (χ0) is 24.5. The predicted octanol–water partition coefficient (Wildman–Crippen LogP) is 6.61. The van der Waals surface area contributed by atoms with E-state index < -0.39 is 5.82 Å². The van der Waals surface area contributed by atoms with Crippen LogP contribution in [-0.2, 0) is 0 Å². The highest BCUT2D eigenvalue weighted by Gasteiger charge is 2.17. The number of halogens is 2. The zero-order valence-corrected chi connectivity index (χ0v) is 20.1. The Balaban J connectivity index is 1.28. The molecule has 2 N–H and O–H groups in total. The number of benzene rings is 1. The highest BCUT2D eigenvalue weighted by atomic mass is 35.5. The molecule has 0 aliphatic carbocycles. The summed E-state index contributed by atoms with van der Waals surface area (Å²) in [5.41, 5.74) is 5.34. The van der Waals surface area contributed by atoms with E-state index in [9.17, 15) is 4.39 Å². The fourth-order valence-corrected chi connectivity index (χ4v) is 4.71. The molecule has 36 heavy (non-hydrogen) atoms. The molecule has 0 unspecified atom stereocenters. The molecule has 5 heterocycles. The quantitative estimate of drug-likeness (QED) is 0.283. The molecule has 6 rings (SSSR count). The van der Waals surface area contributed by atoms with Crippen LogP contribution in [0.5, 0.6) is 0 Å². The highest BCUT2D eigenvalue weighted by molar-refractivity contribution is 6.30. The van der Waals surface area contributed by atoms with Crippen molar-refractivity contribution in [3.05, 3.63) is 78.1 Å². The van der Waals surface area contributed by atoms with Gasteiger partial charge in [0.1, 0.15) is 17.3 Å². The lowest BCUT2D eigenvalue weighted by molar-refractivity contribution is 0.577. The Labute approximate surface area is 212 Å². The number of nitrogens with zero attached hydrogens (tertiary/aromatic N) is 5. The van der Waals surface area contributed by atoms with Crippen LogP contribution >= 0.6 is 11.6 Å². The Morgan fingerprint density at radius 1 is 0.889 bits per heavy atom. The number of pyridine rings is 3. The number of piperidine rings is 1. The van der Waals surface area contributed by atoms with E-state index >= 15 is 0 Å². The third kappa shape index (κ3) is 4.47. The van der Waals surface area contributed by atoms with E-state index in [1.54, 1.807) is 12.3 Å². The molecule has 0 bridgehead atoms. The standard InChI is InChI=1S/C27H23ClFN7/c28-17-4-6-21(29)20(12-17)26-27(33-16-32-26)23-8-7-22-24(35-23)13-18(14-30-22)34-25-9-5-19(15-31-25)36-10-2-1-3-11-36/h4-9,12-16H,1-3,10-11H2,(H,31,34)(H,32,33). The molecular weight excluding hydrogens is 477 g/mol. The summed E-state index contributed by atoms with van der Waals surface area (Å²) in [6.45, 7) is 2.16. The molecule has 1 fully saturated rings. The smallest absolute Gasteiger partial charge is 0.132 e. The van der Waals surface area contributed by atoms with Gasteiger partial charge in [0.2, 0.25) is 0 Å². The van der Waals surface area contributed by atoms with Gasteiger partial charge in [-0.25, -0.2) is 19.3 Å². The lowest BCUT2D eigenvalue weighted by atomic mass is 10.1. The summed E-state index contributed by atoms with van der Waals surface area (Å²) in [7, 11) is 0. The molecule has 5 aromatic rings. The van der Waals surface area contributed by atoms with Crippen molar-refractivity contribution < 1.29 is 4.39 Å². The molecule has 1 aliphatic heterocycles. The van der Waals surface area contributed by atoms with Gasteiger partial charge < -0.3 is 15.2 Å². The number of H-pyrrole nitrogens is 1. The minimum Gasteiger partial charge on any atom is -0.370 e. The summed E-state index contributed by atoms with van der Waals surface area (Å²) in [4.78, 5) is 23.7. The maximum atomic E-state index is 14.5. The number of hydrogen-bond acceptors (Lipinski definition) is 6. The lowest BCUT2D eigenvalue weighted by Crippen LogP contribution is -2.29.